The predicted octanol–water partition coefficient (Wildman–Crippen LogP) is -3.34. The topological polar surface area (TPSA) is 176 Å². The van der Waals surface area contributed by atoms with Crippen LogP contribution in [0.1, 0.15) is 6.42 Å². The molecule has 2 aliphatic rings. The van der Waals surface area contributed by atoms with E-state index < -0.39 is 52.7 Å². The van der Waals surface area contributed by atoms with Crippen LogP contribution in [0.2, 0.25) is 0 Å². The first-order valence-corrected chi connectivity index (χ1v) is 8.16. The number of aliphatic hydroxyl groups is 4. The lowest BCUT2D eigenvalue weighted by Crippen LogP contribution is -2.67. The van der Waals surface area contributed by atoms with Crippen LogP contribution in [-0.2, 0) is 14.8 Å². The second kappa shape index (κ2) is 5.98. The fourth-order valence-corrected chi connectivity index (χ4v) is 3.19. The van der Waals surface area contributed by atoms with Gasteiger partial charge in [-0.3, -0.25) is 0 Å². The Hall–Kier alpha value is -0.850. The van der Waals surface area contributed by atoms with Gasteiger partial charge >= 0.3 is 0 Å². The minimum Gasteiger partial charge on any atom is -0.394 e. The van der Waals surface area contributed by atoms with Gasteiger partial charge in [0.1, 0.15) is 30.5 Å². The van der Waals surface area contributed by atoms with Crippen LogP contribution in [0, 0.1) is 0 Å². The van der Waals surface area contributed by atoms with E-state index in [2.05, 4.69) is 0 Å². The fraction of sp³-hybridized carbons (Fsp3) is 0.667. The molecule has 1 unspecified atom stereocenters. The van der Waals surface area contributed by atoms with E-state index in [1.165, 1.54) is 18.2 Å². The number of primary sulfonamides is 1. The minimum atomic E-state index is -3.87. The number of ether oxygens (including phenoxy) is 1. The molecular formula is C12H20N2O7S. The van der Waals surface area contributed by atoms with E-state index in [1.807, 2.05) is 0 Å². The summed E-state index contributed by atoms with van der Waals surface area (Å²) >= 11 is 0. The molecule has 1 aliphatic heterocycles. The molecule has 1 fully saturated rings. The van der Waals surface area contributed by atoms with E-state index in [0.717, 1.165) is 0 Å². The maximum absolute atomic E-state index is 11.3. The highest BCUT2D eigenvalue weighted by molar-refractivity contribution is 7.93. The minimum absolute atomic E-state index is 0.0159. The zero-order chi connectivity index (χ0) is 16.7. The van der Waals surface area contributed by atoms with Gasteiger partial charge in [-0.25, -0.2) is 13.6 Å². The Labute approximate surface area is 127 Å². The lowest BCUT2D eigenvalue weighted by atomic mass is 9.79. The lowest BCUT2D eigenvalue weighted by molar-refractivity contribution is -0.239. The Morgan fingerprint density at radius 3 is 2.36 bits per heavy atom. The van der Waals surface area contributed by atoms with Crippen molar-refractivity contribution in [2.24, 2.45) is 10.9 Å². The second-order valence-corrected chi connectivity index (χ2v) is 7.11. The standard InChI is InChI=1S/C12H20N2O7S/c13-12(3-1-6(2-4-12)22(14,19)20)11-10(18)9(17)8(16)7(5-15)21-11/h1-3,7-11,15-18H,4-5,13H2,(H2,14,19,20)/t7-,8-,9+,10-,11-,12?/m1/s1. The Morgan fingerprint density at radius 1 is 1.27 bits per heavy atom. The van der Waals surface area contributed by atoms with Crippen molar-refractivity contribution in [3.8, 4) is 0 Å². The van der Waals surface area contributed by atoms with Gasteiger partial charge in [-0.05, 0) is 12.5 Å². The van der Waals surface area contributed by atoms with Gasteiger partial charge in [0.25, 0.3) is 0 Å². The first-order chi connectivity index (χ1) is 10.1. The summed E-state index contributed by atoms with van der Waals surface area (Å²) in [5.41, 5.74) is 4.81. The summed E-state index contributed by atoms with van der Waals surface area (Å²) in [7, 11) is -3.87. The lowest BCUT2D eigenvalue weighted by Gasteiger charge is -2.47. The predicted molar refractivity (Wildman–Crippen MR) is 75.6 cm³/mol. The van der Waals surface area contributed by atoms with Crippen LogP contribution in [0.4, 0.5) is 0 Å². The molecule has 126 valence electrons. The van der Waals surface area contributed by atoms with Crippen molar-refractivity contribution in [3.63, 3.8) is 0 Å². The van der Waals surface area contributed by atoms with Gasteiger partial charge in [0, 0.05) is 0 Å². The number of hydrogen-bond acceptors (Lipinski definition) is 8. The van der Waals surface area contributed by atoms with Gasteiger partial charge in [-0.15, -0.1) is 0 Å². The highest BCUT2D eigenvalue weighted by Crippen LogP contribution is 2.33. The summed E-state index contributed by atoms with van der Waals surface area (Å²) in [5.74, 6) is 0. The normalized spacial score (nSPS) is 43.0. The monoisotopic (exact) mass is 336 g/mol. The van der Waals surface area contributed by atoms with Crippen LogP contribution >= 0.6 is 0 Å². The van der Waals surface area contributed by atoms with Crippen molar-refractivity contribution < 1.29 is 33.6 Å². The summed E-state index contributed by atoms with van der Waals surface area (Å²) in [4.78, 5) is -0.113. The second-order valence-electron chi connectivity index (χ2n) is 5.55. The van der Waals surface area contributed by atoms with E-state index in [1.54, 1.807) is 0 Å². The Morgan fingerprint density at radius 2 is 1.91 bits per heavy atom. The molecule has 10 heteroatoms. The van der Waals surface area contributed by atoms with Crippen LogP contribution in [0.3, 0.4) is 0 Å². The summed E-state index contributed by atoms with van der Waals surface area (Å²) in [6.07, 6.45) is -2.97. The molecule has 6 atom stereocenters. The molecule has 0 spiro atoms. The first-order valence-electron chi connectivity index (χ1n) is 6.62. The molecule has 0 radical (unpaired) electrons. The van der Waals surface area contributed by atoms with Gasteiger partial charge in [0.2, 0.25) is 10.0 Å². The van der Waals surface area contributed by atoms with E-state index in [4.69, 9.17) is 20.7 Å². The molecule has 8 N–H and O–H groups in total. The molecule has 2 rings (SSSR count). The van der Waals surface area contributed by atoms with Crippen molar-refractivity contribution in [3.05, 3.63) is 23.1 Å². The third-order valence-corrected chi connectivity index (χ3v) is 4.93. The molecule has 0 saturated carbocycles. The zero-order valence-electron chi connectivity index (χ0n) is 11.6. The van der Waals surface area contributed by atoms with Crippen molar-refractivity contribution in [2.45, 2.75) is 42.5 Å². The smallest absolute Gasteiger partial charge is 0.237 e. The van der Waals surface area contributed by atoms with E-state index in [-0.39, 0.29) is 11.3 Å². The number of rotatable bonds is 3. The number of sulfonamides is 1. The van der Waals surface area contributed by atoms with E-state index in [9.17, 15) is 23.7 Å². The molecule has 0 amide bonds. The summed E-state index contributed by atoms with van der Waals surface area (Å²) in [6.45, 7) is -0.570. The largest absolute Gasteiger partial charge is 0.394 e. The number of nitrogens with two attached hydrogens (primary N) is 2. The van der Waals surface area contributed by atoms with Gasteiger partial charge in [0.15, 0.2) is 0 Å². The van der Waals surface area contributed by atoms with Crippen LogP contribution in [0.5, 0.6) is 0 Å². The maximum atomic E-state index is 11.3. The third kappa shape index (κ3) is 3.09. The molecule has 9 nitrogen and oxygen atoms in total. The van der Waals surface area contributed by atoms with Crippen molar-refractivity contribution in [2.75, 3.05) is 6.61 Å². The third-order valence-electron chi connectivity index (χ3n) is 3.97. The SMILES string of the molecule is NC1([C@@H]2O[C@H](CO)[C@@H](O)[C@H](O)[C@H]2O)C=CC(S(N)(=O)=O)=CC1. The Kier molecular flexibility index (Phi) is 4.76. The highest BCUT2D eigenvalue weighted by atomic mass is 32.2. The molecule has 0 aromatic rings. The molecule has 1 saturated heterocycles. The zero-order valence-corrected chi connectivity index (χ0v) is 12.4. The Balaban J connectivity index is 2.24. The van der Waals surface area contributed by atoms with Crippen LogP contribution in [0.25, 0.3) is 0 Å². The molecule has 22 heavy (non-hydrogen) atoms. The van der Waals surface area contributed by atoms with E-state index >= 15 is 0 Å². The summed E-state index contributed by atoms with van der Waals surface area (Å²) < 4.78 is 27.9. The fourth-order valence-electron chi connectivity index (χ4n) is 2.62. The average Bonchev–Trinajstić information content (AvgIpc) is 2.44. The highest BCUT2D eigenvalue weighted by Gasteiger charge is 2.50. The molecule has 0 bridgehead atoms. The van der Waals surface area contributed by atoms with Gasteiger partial charge in [0.05, 0.1) is 17.1 Å². The quantitative estimate of drug-likeness (QED) is 0.310. The molecular weight excluding hydrogens is 316 g/mol. The van der Waals surface area contributed by atoms with Crippen LogP contribution < -0.4 is 10.9 Å². The Bertz CT molecular complexity index is 588. The van der Waals surface area contributed by atoms with Gasteiger partial charge < -0.3 is 30.9 Å². The van der Waals surface area contributed by atoms with Crippen molar-refractivity contribution in [1.82, 2.24) is 0 Å². The van der Waals surface area contributed by atoms with Crippen LogP contribution in [0.15, 0.2) is 23.1 Å². The molecule has 0 aromatic carbocycles. The average molecular weight is 336 g/mol. The molecule has 1 aliphatic carbocycles. The number of hydrogen-bond donors (Lipinski definition) is 6. The number of allylic oxidation sites excluding steroid dienone is 1. The molecule has 1 heterocycles. The first kappa shape index (κ1) is 17.5. The van der Waals surface area contributed by atoms with Gasteiger partial charge in [-0.2, -0.15) is 0 Å². The van der Waals surface area contributed by atoms with Crippen molar-refractivity contribution in [1.29, 1.82) is 0 Å². The summed E-state index contributed by atoms with van der Waals surface area (Å²) in [6, 6.07) is 0. The van der Waals surface area contributed by atoms with Crippen LogP contribution in [-0.4, -0.2) is 71.5 Å². The van der Waals surface area contributed by atoms with Crippen molar-refractivity contribution >= 4 is 10.0 Å². The molecule has 0 aromatic heterocycles. The van der Waals surface area contributed by atoms with Gasteiger partial charge in [-0.1, -0.05) is 12.2 Å². The van der Waals surface area contributed by atoms with E-state index in [0.29, 0.717) is 0 Å². The maximum Gasteiger partial charge on any atom is 0.237 e. The number of aliphatic hydroxyl groups excluding tert-OH is 4. The summed E-state index contributed by atoms with van der Waals surface area (Å²) in [5, 5.41) is 43.8.